The van der Waals surface area contributed by atoms with Crippen molar-refractivity contribution in [1.29, 1.82) is 0 Å². The maximum Gasteiger partial charge on any atom is 0.305 e. The number of aliphatic hydroxyl groups is 5. The molecule has 0 aromatic heterocycles. The third-order valence-corrected chi connectivity index (χ3v) is 14.8. The van der Waals surface area contributed by atoms with E-state index in [0.29, 0.717) is 25.9 Å². The number of hydrogen-bond donors (Lipinski definition) is 6. The molecule has 6 N–H and O–H groups in total. The smallest absolute Gasteiger partial charge is 0.305 e. The van der Waals surface area contributed by atoms with E-state index in [1.54, 1.807) is 6.08 Å². The molecule has 1 amide bonds. The summed E-state index contributed by atoms with van der Waals surface area (Å²) in [5, 5.41) is 54.2. The fourth-order valence-corrected chi connectivity index (χ4v) is 9.65. The van der Waals surface area contributed by atoms with Gasteiger partial charge in [0.25, 0.3) is 0 Å². The first-order valence-corrected chi connectivity index (χ1v) is 32.3. The minimum Gasteiger partial charge on any atom is -0.466 e. The van der Waals surface area contributed by atoms with E-state index in [1.165, 1.54) is 148 Å². The van der Waals surface area contributed by atoms with Gasteiger partial charge < -0.3 is 45.1 Å². The lowest BCUT2D eigenvalue weighted by Gasteiger charge is -2.40. The molecule has 1 rings (SSSR count). The van der Waals surface area contributed by atoms with Crippen LogP contribution in [0.5, 0.6) is 0 Å². The number of nitrogens with one attached hydrogen (secondary N) is 1. The number of amides is 1. The van der Waals surface area contributed by atoms with E-state index in [4.69, 9.17) is 14.2 Å². The molecule has 1 aliphatic rings. The number of aliphatic hydroxyl groups excluding tert-OH is 5. The molecule has 0 radical (unpaired) electrons. The van der Waals surface area contributed by atoms with E-state index >= 15 is 0 Å². The third-order valence-electron chi connectivity index (χ3n) is 14.8. The lowest BCUT2D eigenvalue weighted by atomic mass is 9.99. The zero-order chi connectivity index (χ0) is 57.3. The highest BCUT2D eigenvalue weighted by molar-refractivity contribution is 5.76. The number of esters is 1. The van der Waals surface area contributed by atoms with E-state index < -0.39 is 49.5 Å². The first kappa shape index (κ1) is 73.9. The van der Waals surface area contributed by atoms with Crippen molar-refractivity contribution in [2.24, 2.45) is 0 Å². The van der Waals surface area contributed by atoms with Gasteiger partial charge >= 0.3 is 5.97 Å². The molecule has 7 atom stereocenters. The number of carbonyl (C=O) groups is 2. The highest BCUT2D eigenvalue weighted by atomic mass is 16.7. The summed E-state index contributed by atoms with van der Waals surface area (Å²) in [6.45, 7) is 4.05. The normalized spacial score (nSPS) is 19.0. The van der Waals surface area contributed by atoms with Crippen LogP contribution in [0, 0.1) is 0 Å². The molecule has 1 fully saturated rings. The van der Waals surface area contributed by atoms with Gasteiger partial charge in [0.05, 0.1) is 32.0 Å². The summed E-state index contributed by atoms with van der Waals surface area (Å²) >= 11 is 0. The van der Waals surface area contributed by atoms with Gasteiger partial charge in [0.15, 0.2) is 6.29 Å². The second kappa shape index (κ2) is 56.7. The summed E-state index contributed by atoms with van der Waals surface area (Å²) in [6.07, 6.45) is 67.3. The minimum atomic E-state index is -1.58. The molecule has 1 saturated heterocycles. The Labute approximate surface area is 483 Å². The number of hydrogen-bond acceptors (Lipinski definition) is 10. The van der Waals surface area contributed by atoms with E-state index in [2.05, 4.69) is 79.1 Å². The van der Waals surface area contributed by atoms with Gasteiger partial charge in [-0.2, -0.15) is 0 Å². The molecule has 1 heterocycles. The van der Waals surface area contributed by atoms with Crippen molar-refractivity contribution in [2.45, 2.75) is 314 Å². The average molecular weight is 1110 g/mol. The third kappa shape index (κ3) is 46.1. The van der Waals surface area contributed by atoms with Crippen molar-refractivity contribution >= 4 is 11.9 Å². The summed E-state index contributed by atoms with van der Waals surface area (Å²) in [5.41, 5.74) is 0. The van der Waals surface area contributed by atoms with Crippen molar-refractivity contribution in [2.75, 3.05) is 19.8 Å². The van der Waals surface area contributed by atoms with Crippen molar-refractivity contribution in [3.63, 3.8) is 0 Å². The molecule has 0 bridgehead atoms. The zero-order valence-electron chi connectivity index (χ0n) is 50.3. The van der Waals surface area contributed by atoms with Gasteiger partial charge in [0.1, 0.15) is 24.4 Å². The monoisotopic (exact) mass is 1110 g/mol. The molecular formula is C68H119NO10. The number of ether oxygens (including phenoxy) is 3. The largest absolute Gasteiger partial charge is 0.466 e. The molecule has 79 heavy (non-hydrogen) atoms. The molecule has 1 aliphatic heterocycles. The Bertz CT molecular complexity index is 1590. The van der Waals surface area contributed by atoms with Crippen LogP contribution in [0.15, 0.2) is 85.1 Å². The molecule has 456 valence electrons. The van der Waals surface area contributed by atoms with Crippen LogP contribution in [-0.2, 0) is 23.8 Å². The topological polar surface area (TPSA) is 175 Å². The van der Waals surface area contributed by atoms with Crippen LogP contribution in [0.25, 0.3) is 0 Å². The number of unbranched alkanes of at least 4 members (excludes halogenated alkanes) is 30. The van der Waals surface area contributed by atoms with E-state index in [1.807, 2.05) is 19.1 Å². The second-order valence-electron chi connectivity index (χ2n) is 22.1. The lowest BCUT2D eigenvalue weighted by molar-refractivity contribution is -0.302. The fraction of sp³-hybridized carbons (Fsp3) is 0.765. The SMILES string of the molecule is C/C=C/CC/C=C/CC/C=C/C(O)C(COC1OC(CO)C(O)C(O)C1O)NC(=O)CCCCCCCCCCC/C=C\C/C=C\CCCCCCCCCCCOC(=O)CCCCCCCCC/C=C\C/C=C\CCCCC. The van der Waals surface area contributed by atoms with Gasteiger partial charge in [-0.1, -0.05) is 227 Å². The summed E-state index contributed by atoms with van der Waals surface area (Å²) < 4.78 is 16.7. The van der Waals surface area contributed by atoms with Gasteiger partial charge in [-0.3, -0.25) is 9.59 Å². The summed E-state index contributed by atoms with van der Waals surface area (Å²) in [5.74, 6) is -0.218. The quantitative estimate of drug-likeness (QED) is 0.0195. The Morgan fingerprint density at radius 2 is 0.911 bits per heavy atom. The Hall–Kier alpha value is -3.16. The first-order chi connectivity index (χ1) is 38.7. The van der Waals surface area contributed by atoms with Crippen LogP contribution < -0.4 is 5.32 Å². The maximum absolute atomic E-state index is 13.0. The van der Waals surface area contributed by atoms with Crippen LogP contribution in [0.2, 0.25) is 0 Å². The van der Waals surface area contributed by atoms with Gasteiger partial charge in [-0.05, 0) is 116 Å². The van der Waals surface area contributed by atoms with Crippen LogP contribution in [0.3, 0.4) is 0 Å². The van der Waals surface area contributed by atoms with Gasteiger partial charge in [-0.15, -0.1) is 0 Å². The zero-order valence-corrected chi connectivity index (χ0v) is 50.3. The van der Waals surface area contributed by atoms with Crippen LogP contribution in [-0.4, -0.2) is 100 Å². The fourth-order valence-electron chi connectivity index (χ4n) is 9.65. The second-order valence-corrected chi connectivity index (χ2v) is 22.1. The van der Waals surface area contributed by atoms with Crippen LogP contribution >= 0.6 is 0 Å². The van der Waals surface area contributed by atoms with E-state index in [-0.39, 0.29) is 18.5 Å². The number of rotatable bonds is 55. The number of allylic oxidation sites excluding steroid dienone is 13. The van der Waals surface area contributed by atoms with Crippen molar-refractivity contribution in [3.8, 4) is 0 Å². The Kier molecular flexibility index (Phi) is 53.0. The Balaban J connectivity index is 1.98. The molecule has 0 spiro atoms. The lowest BCUT2D eigenvalue weighted by Crippen LogP contribution is -2.60. The van der Waals surface area contributed by atoms with Crippen molar-refractivity contribution in [3.05, 3.63) is 85.1 Å². The van der Waals surface area contributed by atoms with Gasteiger partial charge in [0.2, 0.25) is 5.91 Å². The predicted molar refractivity (Wildman–Crippen MR) is 329 cm³/mol. The van der Waals surface area contributed by atoms with Crippen LogP contribution in [0.1, 0.15) is 271 Å². The minimum absolute atomic E-state index is 0.0111. The standard InChI is InChI=1S/C68H119NO10/c1-3-5-7-9-11-13-14-15-16-26-30-33-36-40-44-48-52-56-64(73)77-57-53-49-45-41-37-34-31-28-25-23-21-19-17-18-20-22-24-27-29-32-35-39-43-47-51-55-63(72)69-60(61(71)54-50-46-42-38-12-10-8-6-4-2)59-78-68-67(76)66(75)65(74)62(58-70)79-68/h4,6,11-13,15-16,18-21,38,50,54,60-62,65-68,70-71,74-76H,3,5,7-10,14,17,22-37,39-49,51-53,55-59H2,1-2H3,(H,69,72)/b6-4+,13-11-,16-15-,20-18-,21-19-,38-12+,54-50+. The Morgan fingerprint density at radius 3 is 1.39 bits per heavy atom. The molecule has 0 saturated carbocycles. The summed E-state index contributed by atoms with van der Waals surface area (Å²) in [4.78, 5) is 25.1. The van der Waals surface area contributed by atoms with Crippen molar-refractivity contribution < 1.29 is 49.3 Å². The summed E-state index contributed by atoms with van der Waals surface area (Å²) in [7, 11) is 0. The van der Waals surface area contributed by atoms with Crippen LogP contribution in [0.4, 0.5) is 0 Å². The molecule has 11 nitrogen and oxygen atoms in total. The molecule has 0 aromatic rings. The predicted octanol–water partition coefficient (Wildman–Crippen LogP) is 15.7. The summed E-state index contributed by atoms with van der Waals surface area (Å²) in [6, 6.07) is -0.840. The molecule has 0 aliphatic carbocycles. The van der Waals surface area contributed by atoms with E-state index in [9.17, 15) is 35.1 Å². The average Bonchev–Trinajstić information content (AvgIpc) is 3.46. The molecular weight excluding hydrogens is 991 g/mol. The van der Waals surface area contributed by atoms with Gasteiger partial charge in [0, 0.05) is 12.8 Å². The molecule has 7 unspecified atom stereocenters. The highest BCUT2D eigenvalue weighted by Crippen LogP contribution is 2.23. The first-order valence-electron chi connectivity index (χ1n) is 32.3. The molecule has 0 aromatic carbocycles. The highest BCUT2D eigenvalue weighted by Gasteiger charge is 2.44. The molecule has 11 heteroatoms. The van der Waals surface area contributed by atoms with E-state index in [0.717, 1.165) is 89.9 Å². The van der Waals surface area contributed by atoms with Crippen molar-refractivity contribution in [1.82, 2.24) is 5.32 Å². The van der Waals surface area contributed by atoms with Gasteiger partial charge in [-0.25, -0.2) is 0 Å². The number of carbonyl (C=O) groups excluding carboxylic acids is 2. The Morgan fingerprint density at radius 1 is 0.494 bits per heavy atom. The maximum atomic E-state index is 13.0.